The fourth-order valence-electron chi connectivity index (χ4n) is 4.84. The summed E-state index contributed by atoms with van der Waals surface area (Å²) in [6, 6.07) is -0.873. The summed E-state index contributed by atoms with van der Waals surface area (Å²) in [4.78, 5) is 46.8. The third kappa shape index (κ3) is 5.04. The summed E-state index contributed by atoms with van der Waals surface area (Å²) in [7, 11) is 3.19. The molecule has 194 valence electrons. The van der Waals surface area contributed by atoms with E-state index < -0.39 is 41.3 Å². The molecule has 1 unspecified atom stereocenters. The second-order valence-electron chi connectivity index (χ2n) is 9.25. The number of anilines is 1. The summed E-state index contributed by atoms with van der Waals surface area (Å²) >= 11 is 2.53. The molecule has 2 aliphatic heterocycles. The van der Waals surface area contributed by atoms with Gasteiger partial charge in [-0.25, -0.2) is 9.78 Å². The minimum absolute atomic E-state index is 0.0349. The van der Waals surface area contributed by atoms with Crippen molar-refractivity contribution in [1.29, 1.82) is 0 Å². The van der Waals surface area contributed by atoms with Gasteiger partial charge < -0.3 is 35.7 Å². The molecule has 3 heterocycles. The third-order valence-electron chi connectivity index (χ3n) is 6.60. The van der Waals surface area contributed by atoms with Crippen LogP contribution in [0.5, 0.6) is 0 Å². The zero-order valence-electron chi connectivity index (χ0n) is 19.7. The van der Waals surface area contributed by atoms with E-state index >= 15 is 0 Å². The number of hydrogen-bond acceptors (Lipinski definition) is 11. The van der Waals surface area contributed by atoms with Gasteiger partial charge in [0.1, 0.15) is 44.1 Å². The molecule has 0 bridgehead atoms. The molecule has 0 radical (unpaired) electrons. The van der Waals surface area contributed by atoms with Crippen molar-refractivity contribution in [3.05, 3.63) is 34.4 Å². The van der Waals surface area contributed by atoms with Crippen LogP contribution in [0.25, 0.3) is 0 Å². The van der Waals surface area contributed by atoms with E-state index in [4.69, 9.17) is 10.6 Å². The number of nitrogens with two attached hydrogens (primary N) is 1. The van der Waals surface area contributed by atoms with Gasteiger partial charge in [-0.2, -0.15) is 11.8 Å². The molecule has 1 amide bonds. The van der Waals surface area contributed by atoms with Crippen LogP contribution in [-0.2, 0) is 19.2 Å². The number of nitrogens with one attached hydrogen (secondary N) is 1. The maximum absolute atomic E-state index is 13.0. The Labute approximate surface area is 215 Å². The number of thiazole rings is 1. The van der Waals surface area contributed by atoms with Crippen LogP contribution in [0.4, 0.5) is 5.13 Å². The Kier molecular flexibility index (Phi) is 7.52. The highest BCUT2D eigenvalue weighted by Gasteiger charge is 2.56. The zero-order chi connectivity index (χ0) is 26.2. The topological polar surface area (TPSA) is 184 Å². The number of likely N-dealkylation sites (N-methyl/N-ethyl adjacent to an activating group) is 1. The average Bonchev–Trinajstić information content (AvgIpc) is 3.36. The summed E-state index contributed by atoms with van der Waals surface area (Å²) in [5.74, 6) is -2.71. The summed E-state index contributed by atoms with van der Waals surface area (Å²) in [6.45, 7) is 1.30. The van der Waals surface area contributed by atoms with E-state index in [1.807, 2.05) is 13.1 Å². The molecule has 1 aliphatic carbocycles. The Morgan fingerprint density at radius 3 is 2.64 bits per heavy atom. The van der Waals surface area contributed by atoms with E-state index in [9.17, 15) is 29.7 Å². The number of thioether (sulfide) groups is 1. The highest BCUT2D eigenvalue weighted by atomic mass is 32.2. The van der Waals surface area contributed by atoms with Crippen LogP contribution in [0.15, 0.2) is 33.8 Å². The minimum atomic E-state index is -1.17. The lowest BCUT2D eigenvalue weighted by Crippen LogP contribution is -2.65. The number of carbonyl (C=O) groups excluding carboxylic acids is 2. The number of aliphatic hydroxyl groups excluding tert-OH is 2. The molecule has 0 spiro atoms. The molecule has 1 saturated carbocycles. The number of carbonyl (C=O) groups is 3. The molecular formula is C22H28N5O7S2+. The number of likely N-dealkylation sites (tertiary alicyclic amines) is 1. The van der Waals surface area contributed by atoms with E-state index in [0.29, 0.717) is 35.4 Å². The molecule has 3 aliphatic rings. The van der Waals surface area contributed by atoms with Gasteiger partial charge in [-0.1, -0.05) is 11.2 Å². The molecule has 36 heavy (non-hydrogen) atoms. The van der Waals surface area contributed by atoms with Crippen LogP contribution in [0.3, 0.4) is 0 Å². The van der Waals surface area contributed by atoms with Gasteiger partial charge in [0.25, 0.3) is 5.91 Å². The van der Waals surface area contributed by atoms with Crippen molar-refractivity contribution < 1.29 is 39.0 Å². The number of Topliss-reactive ketones (excluding diaryl/α,β-unsaturated/α-hetero) is 1. The molecule has 1 aromatic rings. The van der Waals surface area contributed by atoms with E-state index in [1.165, 1.54) is 18.9 Å². The van der Waals surface area contributed by atoms with E-state index in [-0.39, 0.29) is 27.9 Å². The van der Waals surface area contributed by atoms with Crippen molar-refractivity contribution in [1.82, 2.24) is 10.3 Å². The van der Waals surface area contributed by atoms with Crippen LogP contribution in [-0.4, -0.2) is 111 Å². The summed E-state index contributed by atoms with van der Waals surface area (Å²) in [5, 5.41) is 37.3. The van der Waals surface area contributed by atoms with Gasteiger partial charge in [-0.05, 0) is 11.6 Å². The Hall–Kier alpha value is -2.78. The first kappa shape index (κ1) is 26.3. The fourth-order valence-corrected chi connectivity index (χ4v) is 6.87. The number of carboxylic acids is 1. The van der Waals surface area contributed by atoms with Crippen molar-refractivity contribution in [3.63, 3.8) is 0 Å². The molecule has 12 nitrogen and oxygen atoms in total. The molecule has 5 atom stereocenters. The number of oxime groups is 1. The van der Waals surface area contributed by atoms with Gasteiger partial charge in [-0.3, -0.25) is 9.59 Å². The van der Waals surface area contributed by atoms with Crippen molar-refractivity contribution in [2.24, 2.45) is 11.1 Å². The van der Waals surface area contributed by atoms with E-state index in [2.05, 4.69) is 15.5 Å². The molecule has 6 N–H and O–H groups in total. The monoisotopic (exact) mass is 538 g/mol. The molecule has 1 aromatic heterocycles. The van der Waals surface area contributed by atoms with Gasteiger partial charge >= 0.3 is 5.97 Å². The largest absolute Gasteiger partial charge is 0.478 e. The maximum atomic E-state index is 13.0. The first-order valence-electron chi connectivity index (χ1n) is 11.2. The van der Waals surface area contributed by atoms with Crippen LogP contribution in [0, 0.1) is 5.92 Å². The Bertz CT molecular complexity index is 1150. The number of rotatable bonds is 8. The molecular weight excluding hydrogens is 510 g/mol. The smallest absolute Gasteiger partial charge is 0.332 e. The summed E-state index contributed by atoms with van der Waals surface area (Å²) < 4.78 is 0.427. The lowest BCUT2D eigenvalue weighted by Gasteiger charge is -2.45. The summed E-state index contributed by atoms with van der Waals surface area (Å²) in [5.41, 5.74) is 6.30. The highest BCUT2D eigenvalue weighted by Crippen LogP contribution is 2.46. The Morgan fingerprint density at radius 1 is 1.36 bits per heavy atom. The minimum Gasteiger partial charge on any atom is -0.478 e. The molecule has 0 aromatic carbocycles. The van der Waals surface area contributed by atoms with E-state index in [0.717, 1.165) is 11.3 Å². The molecule has 1 saturated heterocycles. The fraction of sp³-hybridized carbons (Fsp3) is 0.500. The lowest BCUT2D eigenvalue weighted by molar-refractivity contribution is -0.894. The number of amides is 1. The quantitative estimate of drug-likeness (QED) is 0.156. The number of hydrogen-bond donors (Lipinski definition) is 5. The predicted octanol–water partition coefficient (Wildman–Crippen LogP) is -1.01. The van der Waals surface area contributed by atoms with Gasteiger partial charge in [0.2, 0.25) is 0 Å². The van der Waals surface area contributed by atoms with Gasteiger partial charge in [0.05, 0.1) is 25.1 Å². The predicted molar refractivity (Wildman–Crippen MR) is 133 cm³/mol. The number of nitrogens with zero attached hydrogens (tertiary/aromatic N) is 3. The molecule has 2 fully saturated rings. The maximum Gasteiger partial charge on any atom is 0.332 e. The number of nitrogen functional groups attached to an aromatic ring is 1. The number of carboxylic acid groups (broad SMARTS) is 1. The van der Waals surface area contributed by atoms with Crippen LogP contribution in [0.2, 0.25) is 0 Å². The number of allylic oxidation sites excluding steroid dienone is 1. The highest BCUT2D eigenvalue weighted by molar-refractivity contribution is 8.00. The van der Waals surface area contributed by atoms with Crippen molar-refractivity contribution in [3.8, 4) is 0 Å². The number of fused-ring (bicyclic) bond motifs is 1. The second-order valence-corrected chi connectivity index (χ2v) is 11.3. The van der Waals surface area contributed by atoms with Gasteiger partial charge in [0.15, 0.2) is 16.6 Å². The summed E-state index contributed by atoms with van der Waals surface area (Å²) in [6.07, 6.45) is 1.96. The first-order chi connectivity index (χ1) is 17.0. The number of quaternary nitrogens is 1. The number of ketones is 1. The van der Waals surface area contributed by atoms with Crippen molar-refractivity contribution in [2.75, 3.05) is 45.3 Å². The van der Waals surface area contributed by atoms with Gasteiger partial charge in [0, 0.05) is 16.4 Å². The Balaban J connectivity index is 1.47. The molecule has 4 rings (SSSR count). The molecule has 14 heteroatoms. The number of aromatic nitrogens is 1. The van der Waals surface area contributed by atoms with Crippen LogP contribution in [0.1, 0.15) is 5.69 Å². The van der Waals surface area contributed by atoms with Crippen molar-refractivity contribution >= 4 is 51.6 Å². The first-order valence-corrected chi connectivity index (χ1v) is 13.1. The van der Waals surface area contributed by atoms with Crippen LogP contribution < -0.4 is 11.1 Å². The zero-order valence-corrected chi connectivity index (χ0v) is 21.3. The standard InChI is InChI=1S/C22H27N5O7S2/c1-27(6-12(28)13(29)7-27)5-3-4-10-8-35-19-15(14(10)21(32)33)18(30)17(19)25-20(31)16(26-34-2)11-9-36-22(23)24-11/h3-4,9,12-13,15,17,19,28-29H,5-8H2,1-2H3,(H3-,23,24,25,31,32,33)/p+1/b4-3+,26-16-/t12-,13-,15?,17+,19-/m0/s1. The van der Waals surface area contributed by atoms with E-state index in [1.54, 1.807) is 11.5 Å². The SMILES string of the molecule is CO/N=C(\C(=O)N[C@@H]1C(=O)C2C(C(=O)O)=C(/C=C/C[N+]3(C)C[C@H](O)[C@@H](O)C3)CS[C@@H]21)c1csc(N)n1. The van der Waals surface area contributed by atoms with Gasteiger partial charge in [-0.15, -0.1) is 11.3 Å². The number of aliphatic carboxylic acids is 1. The Morgan fingerprint density at radius 2 is 2.06 bits per heavy atom. The van der Waals surface area contributed by atoms with Crippen molar-refractivity contribution in [2.45, 2.75) is 23.5 Å². The lowest BCUT2D eigenvalue weighted by atomic mass is 9.71. The third-order valence-corrected chi connectivity index (χ3v) is 8.68. The second kappa shape index (κ2) is 10.3. The average molecular weight is 539 g/mol. The normalized spacial score (nSPS) is 29.7. The van der Waals surface area contributed by atoms with Crippen LogP contribution >= 0.6 is 23.1 Å². The number of aliphatic hydroxyl groups is 2.